The van der Waals surface area contributed by atoms with E-state index >= 15 is 0 Å². The smallest absolute Gasteiger partial charge is 0.295 e. The molecule has 0 radical (unpaired) electrons. The summed E-state index contributed by atoms with van der Waals surface area (Å²) in [7, 11) is 0. The fraction of sp³-hybridized carbons (Fsp3) is 0.143. The fourth-order valence-corrected chi connectivity index (χ4v) is 2.26. The fourth-order valence-electron chi connectivity index (χ4n) is 2.26. The van der Waals surface area contributed by atoms with Crippen LogP contribution in [0.5, 0.6) is 0 Å². The van der Waals surface area contributed by atoms with Crippen molar-refractivity contribution in [2.75, 3.05) is 0 Å². The van der Waals surface area contributed by atoms with E-state index in [9.17, 15) is 14.4 Å². The van der Waals surface area contributed by atoms with E-state index in [0.29, 0.717) is 11.3 Å². The Bertz CT molecular complexity index is 689. The van der Waals surface area contributed by atoms with Gasteiger partial charge < -0.3 is 0 Å². The summed E-state index contributed by atoms with van der Waals surface area (Å²) < 4.78 is 0. The van der Waals surface area contributed by atoms with E-state index in [0.717, 1.165) is 10.6 Å². The molecule has 0 atom stereocenters. The molecule has 1 aromatic carbocycles. The van der Waals surface area contributed by atoms with Crippen LogP contribution >= 0.6 is 0 Å². The number of nitrogens with zero attached hydrogens (tertiary/aromatic N) is 2. The van der Waals surface area contributed by atoms with Crippen molar-refractivity contribution in [2.24, 2.45) is 5.10 Å². The van der Waals surface area contributed by atoms with E-state index in [4.69, 9.17) is 0 Å². The number of rotatable bonds is 2. The number of hydrazone groups is 1. The van der Waals surface area contributed by atoms with E-state index in [-0.39, 0.29) is 17.9 Å². The first-order chi connectivity index (χ1) is 9.58. The van der Waals surface area contributed by atoms with Gasteiger partial charge in [-0.3, -0.25) is 14.9 Å². The number of allylic oxidation sites excluding steroid dienone is 1. The van der Waals surface area contributed by atoms with Gasteiger partial charge in [-0.25, -0.2) is 4.79 Å². The Morgan fingerprint density at radius 3 is 2.60 bits per heavy atom. The van der Waals surface area contributed by atoms with Gasteiger partial charge in [0.1, 0.15) is 5.70 Å². The molecule has 0 unspecified atom stereocenters. The molecule has 2 aliphatic heterocycles. The van der Waals surface area contributed by atoms with Gasteiger partial charge in [-0.1, -0.05) is 30.3 Å². The Kier molecular flexibility index (Phi) is 2.71. The van der Waals surface area contributed by atoms with Crippen LogP contribution in [-0.4, -0.2) is 28.4 Å². The highest BCUT2D eigenvalue weighted by molar-refractivity contribution is 6.19. The van der Waals surface area contributed by atoms with Crippen LogP contribution in [-0.2, 0) is 9.59 Å². The van der Waals surface area contributed by atoms with Crippen molar-refractivity contribution in [3.8, 4) is 0 Å². The lowest BCUT2D eigenvalue weighted by atomic mass is 9.97. The summed E-state index contributed by atoms with van der Waals surface area (Å²) in [6.07, 6.45) is 0.242. The lowest BCUT2D eigenvalue weighted by Crippen LogP contribution is -2.28. The summed E-state index contributed by atoms with van der Waals surface area (Å²) in [5.74, 6) is -0.811. The summed E-state index contributed by atoms with van der Waals surface area (Å²) in [4.78, 5) is 35.2. The molecule has 0 saturated carbocycles. The molecule has 0 aliphatic carbocycles. The predicted molar refractivity (Wildman–Crippen MR) is 70.7 cm³/mol. The van der Waals surface area contributed by atoms with Crippen molar-refractivity contribution in [1.29, 1.82) is 0 Å². The van der Waals surface area contributed by atoms with Crippen LogP contribution in [0.15, 0.2) is 46.7 Å². The molecule has 2 aliphatic rings. The summed E-state index contributed by atoms with van der Waals surface area (Å²) >= 11 is 0. The van der Waals surface area contributed by atoms with Crippen LogP contribution in [0.2, 0.25) is 0 Å². The maximum absolute atomic E-state index is 11.7. The summed E-state index contributed by atoms with van der Waals surface area (Å²) in [6.45, 7) is 1.38. The number of urea groups is 1. The summed E-state index contributed by atoms with van der Waals surface area (Å²) in [6, 6.07) is 8.62. The minimum atomic E-state index is -0.628. The van der Waals surface area contributed by atoms with Gasteiger partial charge in [0.05, 0.1) is 5.71 Å². The first kappa shape index (κ1) is 12.3. The molecule has 6 heteroatoms. The van der Waals surface area contributed by atoms with Crippen molar-refractivity contribution >= 4 is 23.4 Å². The van der Waals surface area contributed by atoms with Crippen LogP contribution < -0.4 is 5.32 Å². The minimum absolute atomic E-state index is 0.0437. The van der Waals surface area contributed by atoms with Crippen LogP contribution in [0.4, 0.5) is 4.79 Å². The van der Waals surface area contributed by atoms with Gasteiger partial charge in [0.2, 0.25) is 0 Å². The second-order valence-corrected chi connectivity index (χ2v) is 4.54. The number of ketones is 1. The monoisotopic (exact) mass is 269 g/mol. The molecule has 6 nitrogen and oxygen atoms in total. The molecule has 1 saturated heterocycles. The number of benzene rings is 1. The second-order valence-electron chi connectivity index (χ2n) is 4.54. The van der Waals surface area contributed by atoms with Gasteiger partial charge in [0.25, 0.3) is 5.91 Å². The van der Waals surface area contributed by atoms with Crippen molar-refractivity contribution in [2.45, 2.75) is 13.3 Å². The van der Waals surface area contributed by atoms with Gasteiger partial charge in [0, 0.05) is 12.0 Å². The Hall–Kier alpha value is -2.76. The third kappa shape index (κ3) is 1.82. The topological polar surface area (TPSA) is 78.8 Å². The largest absolute Gasteiger partial charge is 0.349 e. The molecule has 1 fully saturated rings. The SMILES string of the molecule is CC(=O)C1=C2C(=O)NC(=O)N2N=C(c2ccccc2)C1. The third-order valence-electron chi connectivity index (χ3n) is 3.22. The van der Waals surface area contributed by atoms with Gasteiger partial charge >= 0.3 is 6.03 Å². The van der Waals surface area contributed by atoms with Gasteiger partial charge in [-0.05, 0) is 12.5 Å². The molecular formula is C14H11N3O3. The van der Waals surface area contributed by atoms with Crippen molar-refractivity contribution < 1.29 is 14.4 Å². The Balaban J connectivity index is 2.10. The number of imide groups is 1. The molecule has 1 N–H and O–H groups in total. The molecule has 1 aromatic rings. The lowest BCUT2D eigenvalue weighted by molar-refractivity contribution is -0.117. The molecule has 0 spiro atoms. The van der Waals surface area contributed by atoms with Crippen LogP contribution in [0.1, 0.15) is 18.9 Å². The quantitative estimate of drug-likeness (QED) is 0.819. The van der Waals surface area contributed by atoms with E-state index in [1.807, 2.05) is 30.3 Å². The number of carbonyl (C=O) groups excluding carboxylic acids is 3. The molecule has 100 valence electrons. The van der Waals surface area contributed by atoms with E-state index < -0.39 is 11.9 Å². The maximum atomic E-state index is 11.7. The molecule has 20 heavy (non-hydrogen) atoms. The summed E-state index contributed by atoms with van der Waals surface area (Å²) in [5.41, 5.74) is 1.76. The number of fused-ring (bicyclic) bond motifs is 1. The van der Waals surface area contributed by atoms with Gasteiger partial charge in [-0.2, -0.15) is 10.1 Å². The molecule has 3 rings (SSSR count). The molecule has 3 amide bonds. The number of hydrogen-bond acceptors (Lipinski definition) is 4. The zero-order chi connectivity index (χ0) is 14.3. The Labute approximate surface area is 114 Å². The number of nitrogens with one attached hydrogen (secondary N) is 1. The van der Waals surface area contributed by atoms with Crippen LogP contribution in [0, 0.1) is 0 Å². The second kappa shape index (κ2) is 4.41. The average molecular weight is 269 g/mol. The normalized spacial score (nSPS) is 17.9. The predicted octanol–water partition coefficient (Wildman–Crippen LogP) is 1.19. The van der Waals surface area contributed by atoms with E-state index in [1.165, 1.54) is 6.92 Å². The van der Waals surface area contributed by atoms with Gasteiger partial charge in [-0.15, -0.1) is 0 Å². The average Bonchev–Trinajstić information content (AvgIpc) is 2.74. The Morgan fingerprint density at radius 2 is 1.95 bits per heavy atom. The van der Waals surface area contributed by atoms with Crippen LogP contribution in [0.25, 0.3) is 0 Å². The number of carbonyl (C=O) groups is 3. The number of Topliss-reactive ketones (excluding diaryl/α,β-unsaturated/α-hetero) is 1. The molecule has 0 aromatic heterocycles. The Morgan fingerprint density at radius 1 is 1.25 bits per heavy atom. The van der Waals surface area contributed by atoms with Crippen LogP contribution in [0.3, 0.4) is 0 Å². The minimum Gasteiger partial charge on any atom is -0.295 e. The van der Waals surface area contributed by atoms with Crippen molar-refractivity contribution in [3.63, 3.8) is 0 Å². The zero-order valence-corrected chi connectivity index (χ0v) is 10.7. The van der Waals surface area contributed by atoms with Crippen molar-refractivity contribution in [3.05, 3.63) is 47.2 Å². The van der Waals surface area contributed by atoms with E-state index in [2.05, 4.69) is 10.4 Å². The highest BCUT2D eigenvalue weighted by Crippen LogP contribution is 2.27. The lowest BCUT2D eigenvalue weighted by Gasteiger charge is -2.20. The number of hydrogen-bond donors (Lipinski definition) is 1. The molecular weight excluding hydrogens is 258 g/mol. The summed E-state index contributed by atoms with van der Waals surface area (Å²) in [5, 5.41) is 7.31. The maximum Gasteiger partial charge on any atom is 0.349 e. The third-order valence-corrected chi connectivity index (χ3v) is 3.22. The van der Waals surface area contributed by atoms with Crippen molar-refractivity contribution in [1.82, 2.24) is 10.3 Å². The first-order valence-corrected chi connectivity index (χ1v) is 6.10. The first-order valence-electron chi connectivity index (χ1n) is 6.10. The molecule has 2 heterocycles. The highest BCUT2D eigenvalue weighted by atomic mass is 16.2. The number of amides is 3. The zero-order valence-electron chi connectivity index (χ0n) is 10.7. The highest BCUT2D eigenvalue weighted by Gasteiger charge is 2.40. The standard InChI is InChI=1S/C14H11N3O3/c1-8(18)10-7-11(9-5-3-2-4-6-9)16-17-12(10)13(19)15-14(17)20/h2-6H,7H2,1H3,(H,15,19,20). The van der Waals surface area contributed by atoms with Gasteiger partial charge in [0.15, 0.2) is 5.78 Å². The molecule has 0 bridgehead atoms. The van der Waals surface area contributed by atoms with E-state index in [1.54, 1.807) is 0 Å².